The van der Waals surface area contributed by atoms with Gasteiger partial charge in [-0.25, -0.2) is 0 Å². The Balaban J connectivity index is 0.00000400. The van der Waals surface area contributed by atoms with Crippen molar-refractivity contribution < 1.29 is 4.70 Å². The molecule has 0 amide bonds. The Bertz CT molecular complexity index is 313. The van der Waals surface area contributed by atoms with Gasteiger partial charge in [-0.1, -0.05) is 84.1 Å². The smallest absolute Gasteiger partial charge is 0.0302 e. The summed E-state index contributed by atoms with van der Waals surface area (Å²) in [6, 6.07) is 4.25. The average Bonchev–Trinajstić information content (AvgIpc) is 2.50. The van der Waals surface area contributed by atoms with Crippen LogP contribution >= 0.6 is 0 Å². The SMILES string of the molecule is CCCCCCCCCCCCC(C)c1cccnc1.F. The van der Waals surface area contributed by atoms with Crippen LogP contribution in [0.4, 0.5) is 4.70 Å². The lowest BCUT2D eigenvalue weighted by Gasteiger charge is -2.10. The van der Waals surface area contributed by atoms with E-state index in [0.29, 0.717) is 5.92 Å². The monoisotopic (exact) mass is 295 g/mol. The molecule has 0 saturated heterocycles. The predicted molar refractivity (Wildman–Crippen MR) is 91.6 cm³/mol. The first kappa shape index (κ1) is 20.1. The van der Waals surface area contributed by atoms with Crippen molar-refractivity contribution in [3.8, 4) is 0 Å². The lowest BCUT2D eigenvalue weighted by Crippen LogP contribution is -1.94. The Morgan fingerprint density at radius 3 is 2.00 bits per heavy atom. The predicted octanol–water partition coefficient (Wildman–Crippen LogP) is 6.65. The molecule has 1 rings (SSSR count). The van der Waals surface area contributed by atoms with Gasteiger partial charge in [0.2, 0.25) is 0 Å². The molecule has 0 aliphatic heterocycles. The highest BCUT2D eigenvalue weighted by molar-refractivity contribution is 5.13. The van der Waals surface area contributed by atoms with E-state index in [0.717, 1.165) is 0 Å². The van der Waals surface area contributed by atoms with E-state index >= 15 is 0 Å². The van der Waals surface area contributed by atoms with Gasteiger partial charge in [-0.05, 0) is 24.0 Å². The van der Waals surface area contributed by atoms with Gasteiger partial charge in [0.25, 0.3) is 0 Å². The van der Waals surface area contributed by atoms with Gasteiger partial charge in [-0.3, -0.25) is 9.69 Å². The van der Waals surface area contributed by atoms with Gasteiger partial charge in [0.05, 0.1) is 0 Å². The van der Waals surface area contributed by atoms with E-state index in [4.69, 9.17) is 0 Å². The van der Waals surface area contributed by atoms with E-state index in [1.807, 2.05) is 18.5 Å². The minimum absolute atomic E-state index is 0. The fourth-order valence-electron chi connectivity index (χ4n) is 2.77. The lowest BCUT2D eigenvalue weighted by molar-refractivity contribution is 0.534. The lowest BCUT2D eigenvalue weighted by atomic mass is 9.96. The van der Waals surface area contributed by atoms with Gasteiger partial charge in [-0.2, -0.15) is 0 Å². The summed E-state index contributed by atoms with van der Waals surface area (Å²) >= 11 is 0. The van der Waals surface area contributed by atoms with Crippen LogP contribution in [0.25, 0.3) is 0 Å². The normalized spacial score (nSPS) is 11.9. The van der Waals surface area contributed by atoms with Crippen LogP contribution in [0.1, 0.15) is 96.0 Å². The van der Waals surface area contributed by atoms with E-state index in [2.05, 4.69) is 24.9 Å². The van der Waals surface area contributed by atoms with Crippen molar-refractivity contribution in [3.05, 3.63) is 30.1 Å². The molecule has 0 N–H and O–H groups in total. The summed E-state index contributed by atoms with van der Waals surface area (Å²) in [6.45, 7) is 4.61. The second-order valence-electron chi connectivity index (χ2n) is 6.16. The Morgan fingerprint density at radius 1 is 0.905 bits per heavy atom. The van der Waals surface area contributed by atoms with Crippen LogP contribution in [-0.4, -0.2) is 4.98 Å². The molecule has 0 spiro atoms. The number of unbranched alkanes of at least 4 members (excludes halogenated alkanes) is 9. The van der Waals surface area contributed by atoms with Crippen molar-refractivity contribution in [1.82, 2.24) is 4.98 Å². The second kappa shape index (κ2) is 14.0. The number of nitrogens with zero attached hydrogens (tertiary/aromatic N) is 1. The molecule has 21 heavy (non-hydrogen) atoms. The summed E-state index contributed by atoms with van der Waals surface area (Å²) in [5, 5.41) is 0. The Hall–Kier alpha value is -0.920. The number of hydrogen-bond acceptors (Lipinski definition) is 1. The summed E-state index contributed by atoms with van der Waals surface area (Å²) in [4.78, 5) is 4.21. The quantitative estimate of drug-likeness (QED) is 0.393. The molecule has 0 aromatic carbocycles. The van der Waals surface area contributed by atoms with Crippen LogP contribution in [0, 0.1) is 0 Å². The van der Waals surface area contributed by atoms with Gasteiger partial charge >= 0.3 is 0 Å². The van der Waals surface area contributed by atoms with Gasteiger partial charge in [-0.15, -0.1) is 0 Å². The molecule has 122 valence electrons. The first-order valence-corrected chi connectivity index (χ1v) is 8.74. The fourth-order valence-corrected chi connectivity index (χ4v) is 2.77. The van der Waals surface area contributed by atoms with Crippen molar-refractivity contribution in [3.63, 3.8) is 0 Å². The molecule has 0 aliphatic rings. The van der Waals surface area contributed by atoms with Crippen molar-refractivity contribution in [2.45, 2.75) is 90.4 Å². The number of pyridine rings is 1. The summed E-state index contributed by atoms with van der Waals surface area (Å²) in [5.41, 5.74) is 1.39. The molecular weight excluding hydrogens is 261 g/mol. The molecule has 1 aromatic heterocycles. The maximum absolute atomic E-state index is 4.21. The van der Waals surface area contributed by atoms with Gasteiger partial charge in [0.15, 0.2) is 0 Å². The van der Waals surface area contributed by atoms with Crippen LogP contribution in [0.2, 0.25) is 0 Å². The third-order valence-corrected chi connectivity index (χ3v) is 4.24. The first-order valence-electron chi connectivity index (χ1n) is 8.74. The van der Waals surface area contributed by atoms with Crippen LogP contribution in [0.3, 0.4) is 0 Å². The molecule has 2 heteroatoms. The van der Waals surface area contributed by atoms with Gasteiger partial charge in [0.1, 0.15) is 0 Å². The van der Waals surface area contributed by atoms with Crippen molar-refractivity contribution in [2.24, 2.45) is 0 Å². The molecule has 1 atom stereocenters. The van der Waals surface area contributed by atoms with Crippen molar-refractivity contribution in [1.29, 1.82) is 0 Å². The topological polar surface area (TPSA) is 12.9 Å². The highest BCUT2D eigenvalue weighted by Crippen LogP contribution is 2.21. The average molecular weight is 295 g/mol. The minimum atomic E-state index is 0. The zero-order valence-electron chi connectivity index (χ0n) is 14.0. The number of hydrogen-bond donors (Lipinski definition) is 0. The number of halogens is 1. The van der Waals surface area contributed by atoms with Crippen LogP contribution in [0.5, 0.6) is 0 Å². The summed E-state index contributed by atoms with van der Waals surface area (Å²) < 4.78 is 0. The van der Waals surface area contributed by atoms with E-state index in [1.165, 1.54) is 76.2 Å². The minimum Gasteiger partial charge on any atom is -0.269 e. The van der Waals surface area contributed by atoms with Crippen LogP contribution < -0.4 is 0 Å². The zero-order chi connectivity index (χ0) is 14.5. The molecule has 1 aromatic rings. The Labute approximate surface area is 130 Å². The molecule has 0 bridgehead atoms. The molecule has 1 heterocycles. The fraction of sp³-hybridized carbons (Fsp3) is 0.737. The van der Waals surface area contributed by atoms with Crippen LogP contribution in [0.15, 0.2) is 24.5 Å². The maximum atomic E-state index is 4.21. The highest BCUT2D eigenvalue weighted by atomic mass is 19.0. The van der Waals surface area contributed by atoms with Gasteiger partial charge < -0.3 is 0 Å². The third kappa shape index (κ3) is 10.4. The summed E-state index contributed by atoms with van der Waals surface area (Å²) in [6.07, 6.45) is 19.4. The first-order chi connectivity index (χ1) is 9.84. The molecule has 0 radical (unpaired) electrons. The standard InChI is InChI=1S/C19H33N.FH/c1-3-4-5-6-7-8-9-10-11-12-14-18(2)19-15-13-16-20-17-19;/h13,15-18H,3-12,14H2,1-2H3;1H. The molecule has 0 fully saturated rings. The summed E-state index contributed by atoms with van der Waals surface area (Å²) in [7, 11) is 0. The van der Waals surface area contributed by atoms with E-state index in [-0.39, 0.29) is 4.70 Å². The molecule has 1 nitrogen and oxygen atoms in total. The molecular formula is C19H34FN. The number of rotatable bonds is 12. The van der Waals surface area contributed by atoms with Gasteiger partial charge in [0, 0.05) is 12.4 Å². The molecule has 1 unspecified atom stereocenters. The second-order valence-corrected chi connectivity index (χ2v) is 6.16. The van der Waals surface area contributed by atoms with E-state index in [1.54, 1.807) is 0 Å². The van der Waals surface area contributed by atoms with E-state index < -0.39 is 0 Å². The maximum Gasteiger partial charge on any atom is 0.0302 e. The zero-order valence-corrected chi connectivity index (χ0v) is 14.0. The molecule has 0 aliphatic carbocycles. The highest BCUT2D eigenvalue weighted by Gasteiger charge is 2.04. The Morgan fingerprint density at radius 2 is 1.48 bits per heavy atom. The van der Waals surface area contributed by atoms with E-state index in [9.17, 15) is 0 Å². The number of aromatic nitrogens is 1. The van der Waals surface area contributed by atoms with Crippen LogP contribution in [-0.2, 0) is 0 Å². The molecule has 0 saturated carbocycles. The largest absolute Gasteiger partial charge is 0.269 e. The third-order valence-electron chi connectivity index (χ3n) is 4.24. The Kier molecular flexibility index (Phi) is 13.4. The summed E-state index contributed by atoms with van der Waals surface area (Å²) in [5.74, 6) is 0.665. The van der Waals surface area contributed by atoms with Crippen molar-refractivity contribution >= 4 is 0 Å². The van der Waals surface area contributed by atoms with Crippen molar-refractivity contribution in [2.75, 3.05) is 0 Å².